The van der Waals surface area contributed by atoms with Crippen molar-refractivity contribution in [2.24, 2.45) is 5.92 Å². The number of benzene rings is 4. The van der Waals surface area contributed by atoms with Crippen molar-refractivity contribution in [1.82, 2.24) is 0 Å². The van der Waals surface area contributed by atoms with E-state index in [2.05, 4.69) is 5.32 Å². The number of esters is 1. The van der Waals surface area contributed by atoms with Crippen LogP contribution < -0.4 is 5.32 Å². The summed E-state index contributed by atoms with van der Waals surface area (Å²) in [6.45, 7) is 1.73. The highest BCUT2D eigenvalue weighted by molar-refractivity contribution is 6.45. The third-order valence-electron chi connectivity index (χ3n) is 6.28. The number of carbonyl (C=O) groups is 4. The summed E-state index contributed by atoms with van der Waals surface area (Å²) in [6.07, 6.45) is -1.22. The molecule has 0 aromatic heterocycles. The van der Waals surface area contributed by atoms with Gasteiger partial charge < -0.3 is 10.1 Å². The Labute approximate surface area is 211 Å². The van der Waals surface area contributed by atoms with E-state index >= 15 is 0 Å². The second-order valence-electron chi connectivity index (χ2n) is 8.59. The monoisotopic (exact) mass is 497 g/mol. The highest BCUT2D eigenvalue weighted by atomic mass is 35.5. The average Bonchev–Trinajstić information content (AvgIpc) is 3.21. The van der Waals surface area contributed by atoms with Crippen LogP contribution >= 0.6 is 11.6 Å². The zero-order valence-electron chi connectivity index (χ0n) is 19.2. The van der Waals surface area contributed by atoms with Crippen LogP contribution in [-0.2, 0) is 14.3 Å². The number of hydrogen-bond acceptors (Lipinski definition) is 5. The number of hydrogen-bond donors (Lipinski definition) is 1. The first-order chi connectivity index (χ1) is 17.3. The van der Waals surface area contributed by atoms with Gasteiger partial charge in [-0.1, -0.05) is 66.2 Å². The summed E-state index contributed by atoms with van der Waals surface area (Å²) in [5, 5.41) is 4.78. The maximum atomic E-state index is 13.8. The van der Waals surface area contributed by atoms with Crippen LogP contribution in [0, 0.1) is 12.8 Å². The van der Waals surface area contributed by atoms with Crippen LogP contribution in [0.2, 0.25) is 5.02 Å². The lowest BCUT2D eigenvalue weighted by atomic mass is 9.84. The number of rotatable bonds is 6. The smallest absolute Gasteiger partial charge is 0.339 e. The molecule has 0 spiro atoms. The summed E-state index contributed by atoms with van der Waals surface area (Å²) in [7, 11) is 0. The zero-order valence-corrected chi connectivity index (χ0v) is 19.9. The molecule has 2 atom stereocenters. The molecule has 0 saturated carbocycles. The summed E-state index contributed by atoms with van der Waals surface area (Å²) in [4.78, 5) is 53.0. The molecule has 0 aliphatic carbocycles. The summed E-state index contributed by atoms with van der Waals surface area (Å²) < 4.78 is 5.51. The predicted molar refractivity (Wildman–Crippen MR) is 136 cm³/mol. The van der Waals surface area contributed by atoms with E-state index in [0.29, 0.717) is 21.8 Å². The summed E-state index contributed by atoms with van der Waals surface area (Å²) in [5.74, 6) is -4.81. The van der Waals surface area contributed by atoms with E-state index in [1.807, 2.05) is 24.3 Å². The van der Waals surface area contributed by atoms with E-state index < -0.39 is 35.5 Å². The molecule has 1 amide bonds. The number of anilines is 1. The fourth-order valence-corrected chi connectivity index (χ4v) is 4.66. The molecule has 0 saturated heterocycles. The standard InChI is InChI=1S/C29H20ClNO5/c1-16-14-20(30)12-13-23(16)31-28(34)26(33)24(27-21-8-4-5-9-22(21)29(35)36-27)25(32)19-11-10-17-6-2-3-7-18(17)15-19/h2-15,24,27H,1H3,(H,31,34). The van der Waals surface area contributed by atoms with Crippen LogP contribution in [0.25, 0.3) is 10.8 Å². The molecule has 2 unspecified atom stereocenters. The maximum absolute atomic E-state index is 13.8. The Balaban J connectivity index is 1.54. The number of ether oxygens (including phenoxy) is 1. The summed E-state index contributed by atoms with van der Waals surface area (Å²) in [6, 6.07) is 23.9. The zero-order chi connectivity index (χ0) is 25.4. The van der Waals surface area contributed by atoms with Crippen LogP contribution in [0.5, 0.6) is 0 Å². The number of halogens is 1. The summed E-state index contributed by atoms with van der Waals surface area (Å²) in [5.41, 5.74) is 1.94. The van der Waals surface area contributed by atoms with Crippen LogP contribution in [0.3, 0.4) is 0 Å². The van der Waals surface area contributed by atoms with Gasteiger partial charge in [0.15, 0.2) is 5.78 Å². The Hall–Kier alpha value is -4.29. The van der Waals surface area contributed by atoms with Crippen molar-refractivity contribution < 1.29 is 23.9 Å². The Bertz CT molecular complexity index is 1560. The first kappa shape index (κ1) is 23.5. The molecule has 5 rings (SSSR count). The normalized spacial score (nSPS) is 15.2. The molecule has 178 valence electrons. The molecule has 1 aliphatic heterocycles. The van der Waals surface area contributed by atoms with Gasteiger partial charge in [-0.15, -0.1) is 0 Å². The van der Waals surface area contributed by atoms with Crippen LogP contribution in [0.1, 0.15) is 37.9 Å². The Kier molecular flexibility index (Phi) is 6.12. The molecule has 36 heavy (non-hydrogen) atoms. The first-order valence-electron chi connectivity index (χ1n) is 11.3. The van der Waals surface area contributed by atoms with Gasteiger partial charge in [0.1, 0.15) is 12.0 Å². The van der Waals surface area contributed by atoms with Gasteiger partial charge in [0, 0.05) is 21.8 Å². The van der Waals surface area contributed by atoms with Gasteiger partial charge in [-0.3, -0.25) is 14.4 Å². The molecule has 0 fully saturated rings. The number of cyclic esters (lactones) is 1. The number of carbonyl (C=O) groups excluding carboxylic acids is 4. The predicted octanol–water partition coefficient (Wildman–Crippen LogP) is 5.72. The number of fused-ring (bicyclic) bond motifs is 2. The van der Waals surface area contributed by atoms with Crippen LogP contribution in [-0.4, -0.2) is 23.4 Å². The molecule has 1 aliphatic rings. The fraction of sp³-hybridized carbons (Fsp3) is 0.103. The largest absolute Gasteiger partial charge is 0.453 e. The first-order valence-corrected chi connectivity index (χ1v) is 11.7. The van der Waals surface area contributed by atoms with Crippen molar-refractivity contribution >= 4 is 51.5 Å². The van der Waals surface area contributed by atoms with Crippen molar-refractivity contribution in [2.75, 3.05) is 5.32 Å². The Morgan fingerprint density at radius 2 is 1.61 bits per heavy atom. The van der Waals surface area contributed by atoms with Crippen molar-refractivity contribution in [3.05, 3.63) is 112 Å². The van der Waals surface area contributed by atoms with Gasteiger partial charge in [0.05, 0.1) is 5.56 Å². The van der Waals surface area contributed by atoms with E-state index in [-0.39, 0.29) is 11.1 Å². The number of Topliss-reactive ketones (excluding diaryl/α,β-unsaturated/α-hetero) is 2. The second kappa shape index (κ2) is 9.40. The van der Waals surface area contributed by atoms with Gasteiger partial charge in [-0.05, 0) is 53.6 Å². The van der Waals surface area contributed by atoms with Crippen molar-refractivity contribution in [3.8, 4) is 0 Å². The van der Waals surface area contributed by atoms with Gasteiger partial charge in [0.25, 0.3) is 5.91 Å². The van der Waals surface area contributed by atoms with Crippen LogP contribution in [0.15, 0.2) is 84.9 Å². The quantitative estimate of drug-likeness (QED) is 0.159. The number of ketones is 2. The van der Waals surface area contributed by atoms with E-state index in [1.54, 1.807) is 67.6 Å². The molecular weight excluding hydrogens is 478 g/mol. The molecular formula is C29H20ClNO5. The highest BCUT2D eigenvalue weighted by Gasteiger charge is 2.46. The lowest BCUT2D eigenvalue weighted by Crippen LogP contribution is -2.38. The van der Waals surface area contributed by atoms with Crippen molar-refractivity contribution in [1.29, 1.82) is 0 Å². The van der Waals surface area contributed by atoms with E-state index in [1.165, 1.54) is 0 Å². The SMILES string of the molecule is Cc1cc(Cl)ccc1NC(=O)C(=O)C(C(=O)c1ccc2ccccc2c1)C1OC(=O)c2ccccc21. The van der Waals surface area contributed by atoms with Gasteiger partial charge in [0.2, 0.25) is 5.78 Å². The molecule has 4 aromatic rings. The molecule has 6 nitrogen and oxygen atoms in total. The molecule has 7 heteroatoms. The number of amides is 1. The highest BCUT2D eigenvalue weighted by Crippen LogP contribution is 2.38. The van der Waals surface area contributed by atoms with E-state index in [0.717, 1.165) is 10.8 Å². The second-order valence-corrected chi connectivity index (χ2v) is 9.03. The molecule has 1 heterocycles. The van der Waals surface area contributed by atoms with Crippen molar-refractivity contribution in [3.63, 3.8) is 0 Å². The van der Waals surface area contributed by atoms with Gasteiger partial charge >= 0.3 is 5.97 Å². The minimum absolute atomic E-state index is 0.239. The van der Waals surface area contributed by atoms with Crippen molar-refractivity contribution in [2.45, 2.75) is 13.0 Å². The van der Waals surface area contributed by atoms with E-state index in [9.17, 15) is 19.2 Å². The lowest BCUT2D eigenvalue weighted by Gasteiger charge is -2.21. The minimum atomic E-state index is -1.56. The molecule has 1 N–H and O–H groups in total. The fourth-order valence-electron chi connectivity index (χ4n) is 4.43. The third-order valence-corrected chi connectivity index (χ3v) is 6.52. The van der Waals surface area contributed by atoms with Gasteiger partial charge in [-0.25, -0.2) is 4.79 Å². The molecule has 0 bridgehead atoms. The molecule has 0 radical (unpaired) electrons. The minimum Gasteiger partial charge on any atom is -0.453 e. The number of nitrogens with one attached hydrogen (secondary N) is 1. The number of aryl methyl sites for hydroxylation is 1. The topological polar surface area (TPSA) is 89.5 Å². The van der Waals surface area contributed by atoms with Gasteiger partial charge in [-0.2, -0.15) is 0 Å². The molecule has 4 aromatic carbocycles. The average molecular weight is 498 g/mol. The third kappa shape index (κ3) is 4.27. The lowest BCUT2D eigenvalue weighted by molar-refractivity contribution is -0.138. The Morgan fingerprint density at radius 3 is 2.39 bits per heavy atom. The maximum Gasteiger partial charge on any atom is 0.339 e. The Morgan fingerprint density at radius 1 is 0.889 bits per heavy atom. The van der Waals surface area contributed by atoms with Crippen LogP contribution in [0.4, 0.5) is 5.69 Å². The summed E-state index contributed by atoms with van der Waals surface area (Å²) >= 11 is 5.99. The van der Waals surface area contributed by atoms with E-state index in [4.69, 9.17) is 16.3 Å².